The monoisotopic (exact) mass is 420 g/mol. The van der Waals surface area contributed by atoms with Crippen molar-refractivity contribution in [2.45, 2.75) is 6.54 Å². The molecule has 0 N–H and O–H groups in total. The number of carbonyl (C=O) groups is 1. The summed E-state index contributed by atoms with van der Waals surface area (Å²) < 4.78 is 16.5. The topological polar surface area (TPSA) is 51.2 Å². The van der Waals surface area contributed by atoms with Crippen molar-refractivity contribution >= 4 is 16.7 Å². The first kappa shape index (κ1) is 21.0. The third-order valence-electron chi connectivity index (χ3n) is 5.84. The standard InChI is InChI=1S/C25H28N2O4/c1-29-22-11-10-21(23(30-2)24(22)31-3)17-26-12-14-27(15-13-26)25(28)20-9-8-18-6-4-5-7-19(18)16-20/h4-11,16H,12-15,17H2,1-3H3. The Hall–Kier alpha value is -3.25. The summed E-state index contributed by atoms with van der Waals surface area (Å²) in [5, 5.41) is 2.24. The second kappa shape index (κ2) is 9.27. The van der Waals surface area contributed by atoms with E-state index in [0.29, 0.717) is 30.3 Å². The van der Waals surface area contributed by atoms with Crippen LogP contribution in [0.25, 0.3) is 10.8 Å². The lowest BCUT2D eigenvalue weighted by Gasteiger charge is -2.35. The molecule has 162 valence electrons. The number of benzene rings is 3. The third-order valence-corrected chi connectivity index (χ3v) is 5.84. The Morgan fingerprint density at radius 2 is 1.52 bits per heavy atom. The van der Waals surface area contributed by atoms with Crippen LogP contribution in [0, 0.1) is 0 Å². The molecule has 3 aromatic carbocycles. The minimum Gasteiger partial charge on any atom is -0.493 e. The molecule has 6 nitrogen and oxygen atoms in total. The first-order chi connectivity index (χ1) is 15.1. The van der Waals surface area contributed by atoms with Gasteiger partial charge in [-0.25, -0.2) is 0 Å². The van der Waals surface area contributed by atoms with E-state index in [9.17, 15) is 4.79 Å². The first-order valence-electron chi connectivity index (χ1n) is 10.4. The van der Waals surface area contributed by atoms with Crippen LogP contribution in [0.4, 0.5) is 0 Å². The molecule has 1 fully saturated rings. The zero-order chi connectivity index (χ0) is 21.8. The van der Waals surface area contributed by atoms with Crippen molar-refractivity contribution in [3.8, 4) is 17.2 Å². The van der Waals surface area contributed by atoms with Crippen LogP contribution in [0.1, 0.15) is 15.9 Å². The number of hydrogen-bond acceptors (Lipinski definition) is 5. The van der Waals surface area contributed by atoms with Crippen LogP contribution >= 0.6 is 0 Å². The molecule has 1 amide bonds. The van der Waals surface area contributed by atoms with Crippen molar-refractivity contribution in [3.63, 3.8) is 0 Å². The minimum absolute atomic E-state index is 0.0918. The second-order valence-corrected chi connectivity index (χ2v) is 7.62. The molecule has 0 bridgehead atoms. The van der Waals surface area contributed by atoms with E-state index in [-0.39, 0.29) is 5.91 Å². The summed E-state index contributed by atoms with van der Waals surface area (Å²) in [6, 6.07) is 17.9. The van der Waals surface area contributed by atoms with Crippen molar-refractivity contribution in [1.82, 2.24) is 9.80 Å². The Labute approximate surface area is 182 Å². The van der Waals surface area contributed by atoms with Gasteiger partial charge in [-0.15, -0.1) is 0 Å². The lowest BCUT2D eigenvalue weighted by molar-refractivity contribution is 0.0627. The van der Waals surface area contributed by atoms with Gasteiger partial charge in [-0.3, -0.25) is 9.69 Å². The van der Waals surface area contributed by atoms with Crippen LogP contribution in [-0.4, -0.2) is 63.2 Å². The highest BCUT2D eigenvalue weighted by molar-refractivity contribution is 5.98. The predicted octanol–water partition coefficient (Wildman–Crippen LogP) is 3.82. The van der Waals surface area contributed by atoms with E-state index in [2.05, 4.69) is 11.0 Å². The van der Waals surface area contributed by atoms with Gasteiger partial charge in [0, 0.05) is 43.9 Å². The summed E-state index contributed by atoms with van der Waals surface area (Å²) in [7, 11) is 4.87. The molecule has 1 aliphatic heterocycles. The number of fused-ring (bicyclic) bond motifs is 1. The molecule has 6 heteroatoms. The first-order valence-corrected chi connectivity index (χ1v) is 10.4. The average molecular weight is 421 g/mol. The molecule has 1 heterocycles. The van der Waals surface area contributed by atoms with Crippen molar-refractivity contribution in [2.24, 2.45) is 0 Å². The van der Waals surface area contributed by atoms with Gasteiger partial charge in [0.1, 0.15) is 0 Å². The number of nitrogens with zero attached hydrogens (tertiary/aromatic N) is 2. The minimum atomic E-state index is 0.0918. The van der Waals surface area contributed by atoms with E-state index in [1.807, 2.05) is 53.4 Å². The van der Waals surface area contributed by atoms with E-state index < -0.39 is 0 Å². The summed E-state index contributed by atoms with van der Waals surface area (Å²) >= 11 is 0. The smallest absolute Gasteiger partial charge is 0.253 e. The Bertz CT molecular complexity index is 1070. The number of carbonyl (C=O) groups excluding carboxylic acids is 1. The number of rotatable bonds is 6. The summed E-state index contributed by atoms with van der Waals surface area (Å²) in [5.74, 6) is 2.03. The molecule has 0 radical (unpaired) electrons. The third kappa shape index (κ3) is 4.30. The number of amides is 1. The molecule has 3 aromatic rings. The SMILES string of the molecule is COc1ccc(CN2CCN(C(=O)c3ccc4ccccc4c3)CC2)c(OC)c1OC. The molecule has 0 aliphatic carbocycles. The maximum Gasteiger partial charge on any atom is 0.253 e. The van der Waals surface area contributed by atoms with Crippen LogP contribution in [0.5, 0.6) is 17.2 Å². The number of methoxy groups -OCH3 is 3. The summed E-state index contributed by atoms with van der Waals surface area (Å²) in [6.07, 6.45) is 0. The highest BCUT2D eigenvalue weighted by Gasteiger charge is 2.24. The van der Waals surface area contributed by atoms with Crippen LogP contribution in [0.15, 0.2) is 54.6 Å². The molecular weight excluding hydrogens is 392 g/mol. The molecule has 4 rings (SSSR count). The zero-order valence-corrected chi connectivity index (χ0v) is 18.3. The van der Waals surface area contributed by atoms with E-state index >= 15 is 0 Å². The number of ether oxygens (including phenoxy) is 3. The molecule has 0 atom stereocenters. The molecule has 0 saturated carbocycles. The summed E-state index contributed by atoms with van der Waals surface area (Å²) in [5.41, 5.74) is 1.78. The molecule has 0 aromatic heterocycles. The highest BCUT2D eigenvalue weighted by Crippen LogP contribution is 2.40. The van der Waals surface area contributed by atoms with E-state index in [4.69, 9.17) is 14.2 Å². The van der Waals surface area contributed by atoms with E-state index in [0.717, 1.165) is 41.5 Å². The van der Waals surface area contributed by atoms with Crippen molar-refractivity contribution in [2.75, 3.05) is 47.5 Å². The molecule has 0 unspecified atom stereocenters. The second-order valence-electron chi connectivity index (χ2n) is 7.62. The van der Waals surface area contributed by atoms with Gasteiger partial charge in [-0.1, -0.05) is 36.4 Å². The van der Waals surface area contributed by atoms with Crippen molar-refractivity contribution in [1.29, 1.82) is 0 Å². The lowest BCUT2D eigenvalue weighted by atomic mass is 10.1. The van der Waals surface area contributed by atoms with Gasteiger partial charge in [-0.05, 0) is 29.0 Å². The van der Waals surface area contributed by atoms with Gasteiger partial charge in [0.15, 0.2) is 11.5 Å². The van der Waals surface area contributed by atoms with Crippen molar-refractivity contribution in [3.05, 3.63) is 65.7 Å². The van der Waals surface area contributed by atoms with Crippen LogP contribution in [0.3, 0.4) is 0 Å². The largest absolute Gasteiger partial charge is 0.493 e. The van der Waals surface area contributed by atoms with E-state index in [1.165, 1.54) is 0 Å². The maximum atomic E-state index is 13.0. The highest BCUT2D eigenvalue weighted by atomic mass is 16.5. The average Bonchev–Trinajstić information content (AvgIpc) is 2.83. The van der Waals surface area contributed by atoms with Gasteiger partial charge >= 0.3 is 0 Å². The van der Waals surface area contributed by atoms with Crippen molar-refractivity contribution < 1.29 is 19.0 Å². The number of piperazine rings is 1. The summed E-state index contributed by atoms with van der Waals surface area (Å²) in [6.45, 7) is 3.72. The molecular formula is C25H28N2O4. The van der Waals surface area contributed by atoms with E-state index in [1.54, 1.807) is 21.3 Å². The fraction of sp³-hybridized carbons (Fsp3) is 0.320. The normalized spacial score (nSPS) is 14.5. The molecule has 0 spiro atoms. The molecule has 1 aliphatic rings. The molecule has 1 saturated heterocycles. The lowest BCUT2D eigenvalue weighted by Crippen LogP contribution is -2.48. The zero-order valence-electron chi connectivity index (χ0n) is 18.3. The Morgan fingerprint density at radius 1 is 0.806 bits per heavy atom. The quantitative estimate of drug-likeness (QED) is 0.607. The van der Waals surface area contributed by atoms with Gasteiger partial charge in [0.25, 0.3) is 5.91 Å². The van der Waals surface area contributed by atoms with Crippen LogP contribution < -0.4 is 14.2 Å². The van der Waals surface area contributed by atoms with Crippen LogP contribution in [-0.2, 0) is 6.54 Å². The maximum absolute atomic E-state index is 13.0. The number of hydrogen-bond donors (Lipinski definition) is 0. The van der Waals surface area contributed by atoms with Gasteiger partial charge in [0.05, 0.1) is 21.3 Å². The predicted molar refractivity (Wildman–Crippen MR) is 121 cm³/mol. The fourth-order valence-electron chi connectivity index (χ4n) is 4.14. The summed E-state index contributed by atoms with van der Waals surface area (Å²) in [4.78, 5) is 17.3. The van der Waals surface area contributed by atoms with Gasteiger partial charge in [0.2, 0.25) is 5.75 Å². The Balaban J connectivity index is 1.42. The van der Waals surface area contributed by atoms with Crippen LogP contribution in [0.2, 0.25) is 0 Å². The fourth-order valence-corrected chi connectivity index (χ4v) is 4.14. The Kier molecular flexibility index (Phi) is 6.28. The Morgan fingerprint density at radius 3 is 2.19 bits per heavy atom. The van der Waals surface area contributed by atoms with Gasteiger partial charge in [-0.2, -0.15) is 0 Å². The van der Waals surface area contributed by atoms with Gasteiger partial charge < -0.3 is 19.1 Å². The molecule has 31 heavy (non-hydrogen) atoms.